The first-order valence-corrected chi connectivity index (χ1v) is 9.80. The van der Waals surface area contributed by atoms with Crippen LogP contribution >= 0.6 is 0 Å². The molecule has 0 atom stereocenters. The molecule has 0 unspecified atom stereocenters. The molecule has 0 fully saturated rings. The Morgan fingerprint density at radius 2 is 1.10 bits per heavy atom. The summed E-state index contributed by atoms with van der Waals surface area (Å²) in [5.74, 6) is 0. The second kappa shape index (κ2) is 7.67. The topological polar surface area (TPSA) is 37.4 Å². The molecule has 0 spiro atoms. The third-order valence-electron chi connectivity index (χ3n) is 4.12. The summed E-state index contributed by atoms with van der Waals surface area (Å²) in [4.78, 5) is -0.234. The molecule has 0 amide bonds. The van der Waals surface area contributed by atoms with Crippen molar-refractivity contribution in [3.8, 4) is 0 Å². The average Bonchev–Trinajstić information content (AvgIpc) is 2.68. The average molecular weight is 445 g/mol. The van der Waals surface area contributed by atoms with Gasteiger partial charge >= 0.3 is 12.4 Å². The fourth-order valence-electron chi connectivity index (χ4n) is 2.83. The van der Waals surface area contributed by atoms with Crippen molar-refractivity contribution in [1.29, 1.82) is 0 Å². The van der Waals surface area contributed by atoms with Gasteiger partial charge in [0.05, 0.1) is 27.4 Å². The maximum atomic E-state index is 13.4. The standard InChI is InChI=1S/C20H13F6NO2S/c21-19(22,23)17-12-11-15(13-18(17)20(24,25)26)27(14-7-3-1-4-8-14)30(28,29)16-9-5-2-6-10-16/h1-13H. The number of anilines is 2. The molecule has 0 N–H and O–H groups in total. The fraction of sp³-hybridized carbons (Fsp3) is 0.100. The highest BCUT2D eigenvalue weighted by Gasteiger charge is 2.44. The summed E-state index contributed by atoms with van der Waals surface area (Å²) >= 11 is 0. The number of benzene rings is 3. The van der Waals surface area contributed by atoms with E-state index in [-0.39, 0.29) is 22.7 Å². The molecule has 30 heavy (non-hydrogen) atoms. The molecule has 0 saturated heterocycles. The van der Waals surface area contributed by atoms with Crippen LogP contribution in [0.15, 0.2) is 83.8 Å². The number of nitrogens with zero attached hydrogens (tertiary/aromatic N) is 1. The highest BCUT2D eigenvalue weighted by atomic mass is 32.2. The van der Waals surface area contributed by atoms with Gasteiger partial charge in [-0.3, -0.25) is 0 Å². The van der Waals surface area contributed by atoms with Crippen LogP contribution in [-0.2, 0) is 22.4 Å². The molecule has 3 nitrogen and oxygen atoms in total. The number of halogens is 6. The van der Waals surface area contributed by atoms with Crippen LogP contribution in [0, 0.1) is 0 Å². The molecule has 0 saturated carbocycles. The molecule has 3 aromatic rings. The summed E-state index contributed by atoms with van der Waals surface area (Å²) in [6.45, 7) is 0. The van der Waals surface area contributed by atoms with Crippen LogP contribution in [0.25, 0.3) is 0 Å². The molecule has 158 valence electrons. The zero-order valence-electron chi connectivity index (χ0n) is 14.9. The Bertz CT molecular complexity index is 1130. The van der Waals surface area contributed by atoms with E-state index in [1.54, 1.807) is 12.1 Å². The van der Waals surface area contributed by atoms with E-state index < -0.39 is 39.2 Å². The summed E-state index contributed by atoms with van der Waals surface area (Å²) in [5, 5.41) is 0. The number of hydrogen-bond acceptors (Lipinski definition) is 2. The first-order chi connectivity index (χ1) is 13.9. The third kappa shape index (κ3) is 4.28. The van der Waals surface area contributed by atoms with Gasteiger partial charge in [-0.25, -0.2) is 12.7 Å². The molecule has 0 radical (unpaired) electrons. The predicted molar refractivity (Wildman–Crippen MR) is 98.7 cm³/mol. The number of hydrogen-bond donors (Lipinski definition) is 0. The SMILES string of the molecule is O=S(=O)(c1ccccc1)N(c1ccccc1)c1ccc(C(F)(F)F)c(C(F)(F)F)c1. The molecule has 3 aromatic carbocycles. The molecule has 0 aliphatic rings. The van der Waals surface area contributed by atoms with Gasteiger partial charge in [-0.1, -0.05) is 36.4 Å². The Balaban J connectivity index is 2.29. The lowest BCUT2D eigenvalue weighted by molar-refractivity contribution is -0.162. The Morgan fingerprint density at radius 1 is 0.600 bits per heavy atom. The van der Waals surface area contributed by atoms with Crippen molar-refractivity contribution in [2.24, 2.45) is 0 Å². The van der Waals surface area contributed by atoms with Crippen LogP contribution in [0.1, 0.15) is 11.1 Å². The Morgan fingerprint density at radius 3 is 1.60 bits per heavy atom. The highest BCUT2D eigenvalue weighted by molar-refractivity contribution is 7.93. The lowest BCUT2D eigenvalue weighted by atomic mass is 10.1. The third-order valence-corrected chi connectivity index (χ3v) is 5.89. The first-order valence-electron chi connectivity index (χ1n) is 8.36. The van der Waals surface area contributed by atoms with Crippen molar-refractivity contribution in [2.75, 3.05) is 4.31 Å². The summed E-state index contributed by atoms with van der Waals surface area (Å²) < 4.78 is 106. The van der Waals surface area contributed by atoms with Gasteiger partial charge in [0, 0.05) is 0 Å². The van der Waals surface area contributed by atoms with E-state index in [4.69, 9.17) is 0 Å². The van der Waals surface area contributed by atoms with E-state index in [1.807, 2.05) is 0 Å². The van der Waals surface area contributed by atoms with Gasteiger partial charge in [0.15, 0.2) is 0 Å². The molecule has 0 aliphatic heterocycles. The van der Waals surface area contributed by atoms with Crippen molar-refractivity contribution in [1.82, 2.24) is 0 Å². The number of rotatable bonds is 4. The second-order valence-electron chi connectivity index (χ2n) is 6.14. The number of para-hydroxylation sites is 1. The lowest BCUT2D eigenvalue weighted by Crippen LogP contribution is -2.27. The summed E-state index contributed by atoms with van der Waals surface area (Å²) in [5.41, 5.74) is -4.49. The first kappa shape index (κ1) is 21.7. The summed E-state index contributed by atoms with van der Waals surface area (Å²) in [6, 6.07) is 15.1. The minimum absolute atomic E-state index is 0.0331. The summed E-state index contributed by atoms with van der Waals surface area (Å²) in [7, 11) is -4.43. The van der Waals surface area contributed by atoms with Crippen LogP contribution < -0.4 is 4.31 Å². The van der Waals surface area contributed by atoms with Crippen LogP contribution in [0.2, 0.25) is 0 Å². The monoisotopic (exact) mass is 445 g/mol. The zero-order chi connectivity index (χ0) is 22.2. The molecular formula is C20H13F6NO2S. The zero-order valence-corrected chi connectivity index (χ0v) is 15.8. The van der Waals surface area contributed by atoms with Crippen molar-refractivity contribution in [2.45, 2.75) is 17.2 Å². The second-order valence-corrected chi connectivity index (χ2v) is 7.93. The van der Waals surface area contributed by atoms with Gasteiger partial charge in [0.1, 0.15) is 0 Å². The van der Waals surface area contributed by atoms with Crippen molar-refractivity contribution in [3.63, 3.8) is 0 Å². The van der Waals surface area contributed by atoms with Gasteiger partial charge in [-0.2, -0.15) is 26.3 Å². The van der Waals surface area contributed by atoms with E-state index in [0.29, 0.717) is 10.4 Å². The van der Waals surface area contributed by atoms with Gasteiger partial charge in [-0.15, -0.1) is 0 Å². The number of sulfonamides is 1. The molecule has 10 heteroatoms. The van der Waals surface area contributed by atoms with Crippen LogP contribution in [-0.4, -0.2) is 8.42 Å². The van der Waals surface area contributed by atoms with Crippen LogP contribution in [0.3, 0.4) is 0 Å². The largest absolute Gasteiger partial charge is 0.417 e. The van der Waals surface area contributed by atoms with Crippen molar-refractivity contribution < 1.29 is 34.8 Å². The van der Waals surface area contributed by atoms with Crippen LogP contribution in [0.5, 0.6) is 0 Å². The van der Waals surface area contributed by atoms with Crippen molar-refractivity contribution in [3.05, 3.63) is 90.0 Å². The van der Waals surface area contributed by atoms with Crippen LogP contribution in [0.4, 0.5) is 37.7 Å². The minimum atomic E-state index is -5.35. The number of alkyl halides is 6. The van der Waals surface area contributed by atoms with E-state index in [0.717, 1.165) is 0 Å². The Hall–Kier alpha value is -3.01. The highest BCUT2D eigenvalue weighted by Crippen LogP contribution is 2.43. The quantitative estimate of drug-likeness (QED) is 0.445. The smallest absolute Gasteiger partial charge is 0.235 e. The Kier molecular flexibility index (Phi) is 5.55. The molecular weight excluding hydrogens is 432 g/mol. The Labute approximate surface area is 168 Å². The molecule has 0 heterocycles. The lowest BCUT2D eigenvalue weighted by Gasteiger charge is -2.26. The van der Waals surface area contributed by atoms with E-state index >= 15 is 0 Å². The fourth-order valence-corrected chi connectivity index (χ4v) is 4.33. The van der Waals surface area contributed by atoms with E-state index in [9.17, 15) is 34.8 Å². The maximum Gasteiger partial charge on any atom is 0.417 e. The summed E-state index contributed by atoms with van der Waals surface area (Å²) in [6.07, 6.45) is -10.6. The van der Waals surface area contributed by atoms with Gasteiger partial charge in [0.25, 0.3) is 10.0 Å². The van der Waals surface area contributed by atoms with Gasteiger partial charge in [-0.05, 0) is 42.5 Å². The maximum absolute atomic E-state index is 13.4. The molecule has 3 rings (SSSR count). The molecule has 0 aromatic heterocycles. The normalized spacial score (nSPS) is 12.6. The minimum Gasteiger partial charge on any atom is -0.235 e. The predicted octanol–water partition coefficient (Wildman–Crippen LogP) is 6.25. The molecule has 0 aliphatic carbocycles. The van der Waals surface area contributed by atoms with E-state index in [1.165, 1.54) is 48.5 Å². The van der Waals surface area contributed by atoms with Gasteiger partial charge < -0.3 is 0 Å². The molecule has 0 bridgehead atoms. The van der Waals surface area contributed by atoms with Crippen molar-refractivity contribution >= 4 is 21.4 Å². The van der Waals surface area contributed by atoms with E-state index in [2.05, 4.69) is 0 Å². The van der Waals surface area contributed by atoms with Gasteiger partial charge in [0.2, 0.25) is 0 Å².